The van der Waals surface area contributed by atoms with Crippen LogP contribution in [0.2, 0.25) is 0 Å². The smallest absolute Gasteiger partial charge is 0.240 e. The van der Waals surface area contributed by atoms with Crippen molar-refractivity contribution in [1.82, 2.24) is 5.43 Å². The number of nitrogens with zero attached hydrogens (tertiary/aromatic N) is 1. The van der Waals surface area contributed by atoms with E-state index in [1.54, 1.807) is 6.92 Å². The molecule has 1 rings (SSSR count). The van der Waals surface area contributed by atoms with E-state index in [-0.39, 0.29) is 18.2 Å². The average Bonchev–Trinajstić information content (AvgIpc) is 2.65. The molecular weight excluding hydrogens is 338 g/mol. The number of hydrogen-bond donors (Lipinski definition) is 2. The first-order valence-corrected chi connectivity index (χ1v) is 10.3. The van der Waals surface area contributed by atoms with Gasteiger partial charge in [-0.2, -0.15) is 5.10 Å². The summed E-state index contributed by atoms with van der Waals surface area (Å²) < 4.78 is 0. The van der Waals surface area contributed by atoms with Crippen molar-refractivity contribution in [2.24, 2.45) is 5.10 Å². The van der Waals surface area contributed by atoms with Crippen LogP contribution >= 0.6 is 0 Å². The topological polar surface area (TPSA) is 70.6 Å². The summed E-state index contributed by atoms with van der Waals surface area (Å²) >= 11 is 0. The van der Waals surface area contributed by atoms with E-state index in [4.69, 9.17) is 0 Å². The third kappa shape index (κ3) is 12.8. The first-order valence-electron chi connectivity index (χ1n) is 10.3. The minimum atomic E-state index is -0.143. The average molecular weight is 374 g/mol. The highest BCUT2D eigenvalue weighted by Crippen LogP contribution is 2.10. The SMILES string of the molecule is CCCCCCCCCCCC(=O)NN=C(C)CC(=O)Nc1ccccc1. The number of carbonyl (C=O) groups is 2. The maximum absolute atomic E-state index is 11.9. The Morgan fingerprint density at radius 1 is 0.852 bits per heavy atom. The first kappa shape index (κ1) is 22.9. The molecule has 0 aliphatic heterocycles. The second-order valence-corrected chi connectivity index (χ2v) is 7.05. The summed E-state index contributed by atoms with van der Waals surface area (Å²) in [4.78, 5) is 23.7. The van der Waals surface area contributed by atoms with Gasteiger partial charge in [-0.05, 0) is 25.5 Å². The van der Waals surface area contributed by atoms with Crippen LogP contribution in [0.1, 0.15) is 84.5 Å². The number of para-hydroxylation sites is 1. The third-order valence-corrected chi connectivity index (χ3v) is 4.35. The zero-order chi connectivity index (χ0) is 19.7. The molecule has 27 heavy (non-hydrogen) atoms. The number of benzene rings is 1. The van der Waals surface area contributed by atoms with E-state index in [2.05, 4.69) is 22.8 Å². The van der Waals surface area contributed by atoms with Gasteiger partial charge in [-0.1, -0.05) is 76.5 Å². The van der Waals surface area contributed by atoms with Crippen LogP contribution in [0.5, 0.6) is 0 Å². The van der Waals surface area contributed by atoms with E-state index in [1.807, 2.05) is 30.3 Å². The molecule has 0 aromatic heterocycles. The molecule has 5 nitrogen and oxygen atoms in total. The maximum atomic E-state index is 11.9. The fraction of sp³-hybridized carbons (Fsp3) is 0.591. The summed E-state index contributed by atoms with van der Waals surface area (Å²) in [6.45, 7) is 3.97. The molecule has 5 heteroatoms. The van der Waals surface area contributed by atoms with E-state index in [0.717, 1.165) is 18.5 Å². The number of anilines is 1. The second kappa shape index (κ2) is 14.9. The van der Waals surface area contributed by atoms with E-state index >= 15 is 0 Å². The molecular formula is C22H35N3O2. The number of unbranched alkanes of at least 4 members (excludes halogenated alkanes) is 8. The Morgan fingerprint density at radius 2 is 1.44 bits per heavy atom. The molecule has 0 fully saturated rings. The number of amides is 2. The lowest BCUT2D eigenvalue weighted by atomic mass is 10.1. The normalized spacial score (nSPS) is 11.3. The van der Waals surface area contributed by atoms with E-state index in [1.165, 1.54) is 44.9 Å². The molecule has 2 amide bonds. The molecule has 150 valence electrons. The molecule has 0 unspecified atom stereocenters. The summed E-state index contributed by atoms with van der Waals surface area (Å²) in [6.07, 6.45) is 11.7. The van der Waals surface area contributed by atoms with Gasteiger partial charge in [0.1, 0.15) is 0 Å². The maximum Gasteiger partial charge on any atom is 0.240 e. The first-order chi connectivity index (χ1) is 13.1. The van der Waals surface area contributed by atoms with Gasteiger partial charge in [0.25, 0.3) is 0 Å². The predicted molar refractivity (Wildman–Crippen MR) is 113 cm³/mol. The third-order valence-electron chi connectivity index (χ3n) is 4.35. The van der Waals surface area contributed by atoms with Crippen LogP contribution in [-0.2, 0) is 9.59 Å². The highest BCUT2D eigenvalue weighted by atomic mass is 16.2. The number of hydrazone groups is 1. The minimum Gasteiger partial charge on any atom is -0.326 e. The molecule has 1 aromatic rings. The number of nitrogens with one attached hydrogen (secondary N) is 2. The quantitative estimate of drug-likeness (QED) is 0.259. The van der Waals surface area contributed by atoms with Gasteiger partial charge < -0.3 is 5.32 Å². The molecule has 0 aliphatic rings. The van der Waals surface area contributed by atoms with Crippen molar-refractivity contribution in [3.05, 3.63) is 30.3 Å². The number of carbonyl (C=O) groups excluding carboxylic acids is 2. The van der Waals surface area contributed by atoms with Crippen LogP contribution < -0.4 is 10.7 Å². The Hall–Kier alpha value is -2.17. The van der Waals surface area contributed by atoms with Gasteiger partial charge in [0.2, 0.25) is 11.8 Å². The lowest BCUT2D eigenvalue weighted by molar-refractivity contribution is -0.121. The summed E-state index contributed by atoms with van der Waals surface area (Å²) in [6, 6.07) is 9.28. The Balaban J connectivity index is 2.07. The molecule has 0 aliphatic carbocycles. The van der Waals surface area contributed by atoms with Crippen molar-refractivity contribution in [3.63, 3.8) is 0 Å². The molecule has 0 radical (unpaired) electrons. The summed E-state index contributed by atoms with van der Waals surface area (Å²) in [5.74, 6) is -0.226. The standard InChI is InChI=1S/C22H35N3O2/c1-3-4-5-6-7-8-9-10-14-17-21(26)25-24-19(2)18-22(27)23-20-15-12-11-13-16-20/h11-13,15-16H,3-10,14,17-18H2,1-2H3,(H,23,27)(H,25,26). The highest BCUT2D eigenvalue weighted by Gasteiger charge is 2.05. The van der Waals surface area contributed by atoms with E-state index in [9.17, 15) is 9.59 Å². The van der Waals surface area contributed by atoms with Crippen molar-refractivity contribution in [2.75, 3.05) is 5.32 Å². The van der Waals surface area contributed by atoms with Crippen LogP contribution in [0.4, 0.5) is 5.69 Å². The molecule has 0 atom stereocenters. The van der Waals surface area contributed by atoms with Crippen LogP contribution in [0.3, 0.4) is 0 Å². The van der Waals surface area contributed by atoms with E-state index in [0.29, 0.717) is 12.1 Å². The van der Waals surface area contributed by atoms with Crippen molar-refractivity contribution in [2.45, 2.75) is 84.5 Å². The molecule has 0 saturated carbocycles. The second-order valence-electron chi connectivity index (χ2n) is 7.05. The Labute approximate surface area is 164 Å². The number of rotatable bonds is 14. The largest absolute Gasteiger partial charge is 0.326 e. The zero-order valence-corrected chi connectivity index (χ0v) is 16.9. The van der Waals surface area contributed by atoms with Gasteiger partial charge in [-0.3, -0.25) is 9.59 Å². The summed E-state index contributed by atoms with van der Waals surface area (Å²) in [5.41, 5.74) is 3.89. The minimum absolute atomic E-state index is 0.0826. The Bertz CT molecular complexity index is 570. The molecule has 0 bridgehead atoms. The van der Waals surface area contributed by atoms with Gasteiger partial charge in [0.15, 0.2) is 0 Å². The summed E-state index contributed by atoms with van der Waals surface area (Å²) in [7, 11) is 0. The van der Waals surface area contributed by atoms with Crippen LogP contribution in [0.15, 0.2) is 35.4 Å². The highest BCUT2D eigenvalue weighted by molar-refractivity contribution is 6.05. The van der Waals surface area contributed by atoms with Crippen molar-refractivity contribution in [1.29, 1.82) is 0 Å². The fourth-order valence-corrected chi connectivity index (χ4v) is 2.81. The van der Waals surface area contributed by atoms with Gasteiger partial charge in [0.05, 0.1) is 6.42 Å². The zero-order valence-electron chi connectivity index (χ0n) is 16.9. The van der Waals surface area contributed by atoms with Gasteiger partial charge >= 0.3 is 0 Å². The van der Waals surface area contributed by atoms with Crippen molar-refractivity contribution >= 4 is 23.2 Å². The number of hydrogen-bond acceptors (Lipinski definition) is 3. The fourth-order valence-electron chi connectivity index (χ4n) is 2.81. The van der Waals surface area contributed by atoms with Gasteiger partial charge in [-0.25, -0.2) is 5.43 Å². The van der Waals surface area contributed by atoms with Gasteiger partial charge in [0, 0.05) is 17.8 Å². The summed E-state index contributed by atoms with van der Waals surface area (Å²) in [5, 5.41) is 6.82. The molecule has 0 saturated heterocycles. The van der Waals surface area contributed by atoms with Crippen LogP contribution in [0, 0.1) is 0 Å². The predicted octanol–water partition coefficient (Wildman–Crippen LogP) is 5.43. The lowest BCUT2D eigenvalue weighted by Crippen LogP contribution is -2.21. The molecule has 0 spiro atoms. The van der Waals surface area contributed by atoms with Crippen molar-refractivity contribution in [3.8, 4) is 0 Å². The Kier molecular flexibility index (Phi) is 12.7. The molecule has 0 heterocycles. The van der Waals surface area contributed by atoms with Crippen LogP contribution in [0.25, 0.3) is 0 Å². The van der Waals surface area contributed by atoms with E-state index < -0.39 is 0 Å². The Morgan fingerprint density at radius 3 is 2.07 bits per heavy atom. The molecule has 2 N–H and O–H groups in total. The van der Waals surface area contributed by atoms with Crippen molar-refractivity contribution < 1.29 is 9.59 Å². The van der Waals surface area contributed by atoms with Gasteiger partial charge in [-0.15, -0.1) is 0 Å². The molecule has 1 aromatic carbocycles. The monoisotopic (exact) mass is 373 g/mol. The van der Waals surface area contributed by atoms with Crippen LogP contribution in [-0.4, -0.2) is 17.5 Å². The lowest BCUT2D eigenvalue weighted by Gasteiger charge is -2.05.